The Morgan fingerprint density at radius 2 is 1.11 bits per heavy atom. The van der Waals surface area contributed by atoms with Gasteiger partial charge in [0.05, 0.1) is 0 Å². The number of anilines is 4. The number of benzene rings is 7. The van der Waals surface area contributed by atoms with Crippen LogP contribution in [0.5, 0.6) is 11.5 Å². The normalized spacial score (nSPS) is 12.6. The summed E-state index contributed by atoms with van der Waals surface area (Å²) in [6.45, 7) is 24.5. The molecule has 71 heavy (non-hydrogen) atoms. The molecule has 10 rings (SSSR count). The third-order valence-corrected chi connectivity index (χ3v) is 13.6. The molecule has 3 heterocycles. The summed E-state index contributed by atoms with van der Waals surface area (Å²) in [5.74, 6) is 1.75. The van der Waals surface area contributed by atoms with Crippen molar-refractivity contribution in [1.82, 2.24) is 9.55 Å². The van der Waals surface area contributed by atoms with Gasteiger partial charge in [0.2, 0.25) is 0 Å². The van der Waals surface area contributed by atoms with Crippen molar-refractivity contribution in [2.45, 2.75) is 98.8 Å². The van der Waals surface area contributed by atoms with Crippen LogP contribution in [0.1, 0.15) is 127 Å². The summed E-state index contributed by atoms with van der Waals surface area (Å²) in [5, 5.41) is 2.17. The van der Waals surface area contributed by atoms with E-state index in [0.29, 0.717) is 23.0 Å². The number of halogens is 2. The van der Waals surface area contributed by atoms with Crippen LogP contribution in [0.2, 0.25) is 0 Å². The van der Waals surface area contributed by atoms with Crippen molar-refractivity contribution in [3.63, 3.8) is 0 Å². The van der Waals surface area contributed by atoms with E-state index in [0.717, 1.165) is 78.7 Å². The molecular formula is C63H59F2N4OPt-3. The second kappa shape index (κ2) is 19.9. The third kappa shape index (κ3) is 9.30. The Kier molecular flexibility index (Phi) is 13.9. The zero-order valence-corrected chi connectivity index (χ0v) is 44.3. The molecule has 0 saturated heterocycles. The first-order valence-corrected chi connectivity index (χ1v) is 24.6. The first-order chi connectivity index (χ1) is 33.6. The van der Waals surface area contributed by atoms with Crippen LogP contribution in [-0.4, -0.2) is 9.55 Å². The molecule has 2 aromatic heterocycles. The van der Waals surface area contributed by atoms with Gasteiger partial charge in [-0.25, -0.2) is 13.8 Å². The second-order valence-electron chi connectivity index (χ2n) is 20.2. The molecule has 0 spiro atoms. The maximum absolute atomic E-state index is 14.7. The maximum atomic E-state index is 14.7. The number of nitrogens with zero attached hydrogens (tertiary/aromatic N) is 4. The molecule has 0 amide bonds. The average molecular weight is 1120 g/mol. The van der Waals surface area contributed by atoms with Crippen molar-refractivity contribution < 1.29 is 34.6 Å². The van der Waals surface area contributed by atoms with Gasteiger partial charge in [-0.15, -0.1) is 53.6 Å². The fourth-order valence-corrected chi connectivity index (χ4v) is 10.1. The van der Waals surface area contributed by atoms with Crippen molar-refractivity contribution >= 4 is 44.6 Å². The zero-order valence-electron chi connectivity index (χ0n) is 42.0. The van der Waals surface area contributed by atoms with Gasteiger partial charge in [0.25, 0.3) is 0 Å². The van der Waals surface area contributed by atoms with Gasteiger partial charge in [0.1, 0.15) is 17.5 Å². The van der Waals surface area contributed by atoms with Crippen molar-refractivity contribution in [3.05, 3.63) is 198 Å². The van der Waals surface area contributed by atoms with E-state index in [1.165, 1.54) is 34.4 Å². The van der Waals surface area contributed by atoms with E-state index >= 15 is 0 Å². The van der Waals surface area contributed by atoms with E-state index in [9.17, 15) is 8.78 Å². The summed E-state index contributed by atoms with van der Waals surface area (Å²) in [4.78, 5) is 9.25. The van der Waals surface area contributed by atoms with Crippen molar-refractivity contribution in [2.24, 2.45) is 0 Å². The fraction of sp³-hybridized carbons (Fsp3) is 0.238. The quantitative estimate of drug-likeness (QED) is 0.114. The Hall–Kier alpha value is -6.56. The number of hydrogen-bond donors (Lipinski definition) is 0. The molecule has 0 unspecified atom stereocenters. The van der Waals surface area contributed by atoms with E-state index in [-0.39, 0.29) is 44.7 Å². The van der Waals surface area contributed by atoms with Crippen molar-refractivity contribution in [2.75, 3.05) is 9.80 Å². The van der Waals surface area contributed by atoms with Crippen molar-refractivity contribution in [3.8, 4) is 39.6 Å². The van der Waals surface area contributed by atoms with E-state index in [4.69, 9.17) is 9.72 Å². The van der Waals surface area contributed by atoms with Gasteiger partial charge >= 0.3 is 0 Å². The number of fused-ring (bicyclic) bond motifs is 4. The Morgan fingerprint density at radius 3 is 1.72 bits per heavy atom. The molecule has 0 fully saturated rings. The van der Waals surface area contributed by atoms with Gasteiger partial charge in [0.15, 0.2) is 0 Å². The van der Waals surface area contributed by atoms with E-state index in [1.54, 1.807) is 0 Å². The maximum Gasteiger partial charge on any atom is 0.135 e. The monoisotopic (exact) mass is 1120 g/mol. The van der Waals surface area contributed by atoms with Crippen LogP contribution in [0, 0.1) is 30.4 Å². The van der Waals surface area contributed by atoms with Gasteiger partial charge < -0.3 is 19.1 Å². The Bertz CT molecular complexity index is 3350. The molecule has 0 bridgehead atoms. The Labute approximate surface area is 432 Å². The van der Waals surface area contributed by atoms with Crippen LogP contribution in [0.3, 0.4) is 0 Å². The van der Waals surface area contributed by atoms with E-state index in [1.807, 2.05) is 30.5 Å². The predicted molar refractivity (Wildman–Crippen MR) is 285 cm³/mol. The topological polar surface area (TPSA) is 33.5 Å². The van der Waals surface area contributed by atoms with E-state index < -0.39 is 11.6 Å². The first-order valence-electron chi connectivity index (χ1n) is 24.6. The molecular weight excluding hydrogens is 1060 g/mol. The van der Waals surface area contributed by atoms with Crippen molar-refractivity contribution in [1.29, 1.82) is 0 Å². The van der Waals surface area contributed by atoms with Gasteiger partial charge in [-0.2, -0.15) is 6.07 Å². The summed E-state index contributed by atoms with van der Waals surface area (Å²) in [7, 11) is 0. The number of ether oxygens (including phenoxy) is 1. The number of hydrogen-bond acceptors (Lipinski definition) is 4. The third-order valence-electron chi connectivity index (χ3n) is 13.6. The summed E-state index contributed by atoms with van der Waals surface area (Å²) < 4.78 is 38.6. The largest absolute Gasteiger partial charge is 0.509 e. The molecule has 7 aromatic carbocycles. The molecule has 0 N–H and O–H groups in total. The van der Waals surface area contributed by atoms with Gasteiger partial charge in [0, 0.05) is 67.4 Å². The second-order valence-corrected chi connectivity index (χ2v) is 20.2. The molecule has 0 saturated carbocycles. The Balaban J connectivity index is 0.00000624. The van der Waals surface area contributed by atoms with Crippen LogP contribution >= 0.6 is 0 Å². The minimum absolute atomic E-state index is 0. The summed E-state index contributed by atoms with van der Waals surface area (Å²) in [5.41, 5.74) is 15.4. The first kappa shape index (κ1) is 49.4. The van der Waals surface area contributed by atoms with Gasteiger partial charge in [-0.1, -0.05) is 123 Å². The van der Waals surface area contributed by atoms with Gasteiger partial charge in [-0.3, -0.25) is 0 Å². The van der Waals surface area contributed by atoms with Crippen LogP contribution < -0.4 is 14.5 Å². The molecule has 364 valence electrons. The standard InChI is InChI=1S/C63H59F2N4O.Pt/c1-37(2)42-29-53(38(3)4)62(54(30-42)39(5)6)45-27-48(34-50(28-45)70-49-22-23-52-51-17-11-12-18-57(51)69(60(52)35-49)61-21-15-16-24-66-61)67-36-68(59-20-14-13-19-58(59)67)63-55(40(7)8)31-44(32-56(63)41(9)10)43-25-46(64)33-47(65)26-43;/h11-33,36-41H,1-10H3;/q-3;. The smallest absolute Gasteiger partial charge is 0.135 e. The van der Waals surface area contributed by atoms with Crippen LogP contribution in [0.15, 0.2) is 140 Å². The predicted octanol–water partition coefficient (Wildman–Crippen LogP) is 18.2. The average Bonchev–Trinajstić information content (AvgIpc) is 3.89. The van der Waals surface area contributed by atoms with Crippen LogP contribution in [0.4, 0.5) is 31.5 Å². The Morgan fingerprint density at radius 1 is 0.521 bits per heavy atom. The molecule has 0 atom stereocenters. The summed E-state index contributed by atoms with van der Waals surface area (Å²) in [6, 6.07) is 51.4. The zero-order chi connectivity index (χ0) is 49.1. The molecule has 8 heteroatoms. The SMILES string of the molecule is CC(C)c1cc(C(C)C)c(-c2cc(Oc3[c-]c4c(cc3)c3ccccc3n4-c3ccccn3)[c-]c(N3[CH-]N(c4c(C(C)C)cc(-c5cc(F)cc(F)c5)cc4C(C)C)c4ccccc43)c2)c(C(C)C)c1.[Pt]. The molecule has 9 aromatic rings. The molecule has 0 aliphatic carbocycles. The van der Waals surface area contributed by atoms with Gasteiger partial charge in [-0.05, 0) is 134 Å². The number of aromatic nitrogens is 2. The van der Waals surface area contributed by atoms with Crippen LogP contribution in [-0.2, 0) is 21.1 Å². The molecule has 0 radical (unpaired) electrons. The number of rotatable bonds is 12. The molecule has 5 nitrogen and oxygen atoms in total. The fourth-order valence-electron chi connectivity index (χ4n) is 10.1. The summed E-state index contributed by atoms with van der Waals surface area (Å²) in [6.07, 6.45) is 1.81. The molecule has 1 aliphatic heterocycles. The minimum atomic E-state index is -0.599. The number of para-hydroxylation sites is 3. The molecule has 1 aliphatic rings. The summed E-state index contributed by atoms with van der Waals surface area (Å²) >= 11 is 0. The minimum Gasteiger partial charge on any atom is -0.509 e. The van der Waals surface area contributed by atoms with Crippen LogP contribution in [0.25, 0.3) is 49.9 Å². The number of pyridine rings is 1. The van der Waals surface area contributed by atoms with E-state index in [2.05, 4.69) is 193 Å².